The zero-order chi connectivity index (χ0) is 26.0. The van der Waals surface area contributed by atoms with Crippen LogP contribution in [0.1, 0.15) is 71.3 Å². The van der Waals surface area contributed by atoms with E-state index in [2.05, 4.69) is 11.4 Å². The van der Waals surface area contributed by atoms with Crippen LogP contribution < -0.4 is 16.0 Å². The molecule has 1 aliphatic heterocycles. The number of benzene rings is 1. The molecule has 0 saturated heterocycles. The fraction of sp³-hybridized carbons (Fsp3) is 0.593. The van der Waals surface area contributed by atoms with Crippen molar-refractivity contribution in [2.75, 3.05) is 11.4 Å². The number of nitrogens with zero attached hydrogens (tertiary/aromatic N) is 1. The first-order chi connectivity index (χ1) is 16.5. The van der Waals surface area contributed by atoms with Crippen molar-refractivity contribution in [2.45, 2.75) is 89.9 Å². The number of fused-ring (bicyclic) bond motifs is 1. The Balaban J connectivity index is 0.000000540. The average molecular weight is 490 g/mol. The van der Waals surface area contributed by atoms with Crippen LogP contribution >= 0.6 is 0 Å². The fourth-order valence-electron chi connectivity index (χ4n) is 4.30. The van der Waals surface area contributed by atoms with Crippen molar-refractivity contribution in [1.29, 1.82) is 0 Å². The van der Waals surface area contributed by atoms with Gasteiger partial charge in [-0.25, -0.2) is 9.18 Å². The van der Waals surface area contributed by atoms with Gasteiger partial charge in [-0.1, -0.05) is 63.3 Å². The molecule has 1 saturated carbocycles. The summed E-state index contributed by atoms with van der Waals surface area (Å²) in [6.45, 7) is 4.61. The molecular weight excluding hydrogens is 449 g/mol. The number of nitrogens with one attached hydrogen (secondary N) is 1. The third-order valence-electron chi connectivity index (χ3n) is 6.55. The number of hydrogen-bond donors (Lipinski definition) is 3. The summed E-state index contributed by atoms with van der Waals surface area (Å²) < 4.78 is 11.9. The van der Waals surface area contributed by atoms with E-state index in [1.807, 2.05) is 36.1 Å². The Labute approximate surface area is 207 Å². The molecule has 194 valence electrons. The van der Waals surface area contributed by atoms with E-state index in [0.717, 1.165) is 32.4 Å². The molecular formula is C27H40FN3O4. The lowest BCUT2D eigenvalue weighted by Gasteiger charge is -2.26. The number of hydrogen-bond acceptors (Lipinski definition) is 4. The summed E-state index contributed by atoms with van der Waals surface area (Å²) in [6.07, 6.45) is 12.1. The highest BCUT2D eigenvalue weighted by Gasteiger charge is 2.25. The zero-order valence-corrected chi connectivity index (χ0v) is 21.1. The maximum atomic E-state index is 12.8. The van der Waals surface area contributed by atoms with Crippen LogP contribution in [0.25, 0.3) is 0 Å². The molecule has 3 rings (SSSR count). The first kappa shape index (κ1) is 28.5. The van der Waals surface area contributed by atoms with Crippen LogP contribution in [0.2, 0.25) is 0 Å². The number of rotatable bonds is 8. The Bertz CT molecular complexity index is 891. The van der Waals surface area contributed by atoms with Crippen LogP contribution in [0.15, 0.2) is 36.4 Å². The lowest BCUT2D eigenvalue weighted by Crippen LogP contribution is -2.45. The van der Waals surface area contributed by atoms with Gasteiger partial charge in [0.05, 0.1) is 6.04 Å². The molecule has 2 amide bonds. The second-order valence-corrected chi connectivity index (χ2v) is 9.87. The maximum absolute atomic E-state index is 12.8. The van der Waals surface area contributed by atoms with Gasteiger partial charge in [0, 0.05) is 24.4 Å². The van der Waals surface area contributed by atoms with Gasteiger partial charge in [0.25, 0.3) is 5.91 Å². The monoisotopic (exact) mass is 489 g/mol. The Kier molecular flexibility index (Phi) is 10.9. The topological polar surface area (TPSA) is 113 Å². The molecule has 8 heteroatoms. The van der Waals surface area contributed by atoms with E-state index in [4.69, 9.17) is 10.8 Å². The van der Waals surface area contributed by atoms with Gasteiger partial charge in [-0.3, -0.25) is 9.59 Å². The molecule has 35 heavy (non-hydrogen) atoms. The molecule has 2 aliphatic rings. The highest BCUT2D eigenvalue weighted by Crippen LogP contribution is 2.29. The van der Waals surface area contributed by atoms with E-state index in [0.29, 0.717) is 18.9 Å². The minimum absolute atomic E-state index is 0.0207. The SMILES string of the molecule is CC(C)(F)C(=O)O.CC[C@H](N)C(=O)N[C@H](/C=C/C(=O)N1CCc2ccccc21)CC1CCCCC1. The number of halogens is 1. The van der Waals surface area contributed by atoms with Gasteiger partial charge >= 0.3 is 5.97 Å². The normalized spacial score (nSPS) is 17.8. The van der Waals surface area contributed by atoms with Crippen LogP contribution in [0.4, 0.5) is 10.1 Å². The summed E-state index contributed by atoms with van der Waals surface area (Å²) >= 11 is 0. The molecule has 1 aromatic rings. The van der Waals surface area contributed by atoms with E-state index in [1.54, 1.807) is 6.08 Å². The molecule has 1 aliphatic carbocycles. The Morgan fingerprint density at radius 3 is 2.46 bits per heavy atom. The number of amides is 2. The lowest BCUT2D eigenvalue weighted by molar-refractivity contribution is -0.148. The minimum Gasteiger partial charge on any atom is -0.479 e. The Hall–Kier alpha value is -2.74. The van der Waals surface area contributed by atoms with Crippen LogP contribution in [0.3, 0.4) is 0 Å². The third kappa shape index (κ3) is 9.09. The molecule has 4 N–H and O–H groups in total. The summed E-state index contributed by atoms with van der Waals surface area (Å²) in [5, 5.41) is 10.9. The van der Waals surface area contributed by atoms with Crippen molar-refractivity contribution >= 4 is 23.5 Å². The molecule has 0 radical (unpaired) electrons. The van der Waals surface area contributed by atoms with Gasteiger partial charge in [-0.05, 0) is 50.7 Å². The van der Waals surface area contributed by atoms with E-state index >= 15 is 0 Å². The number of aliphatic carboxylic acids is 1. The zero-order valence-electron chi connectivity index (χ0n) is 21.1. The molecule has 1 fully saturated rings. The molecule has 2 atom stereocenters. The smallest absolute Gasteiger partial charge is 0.340 e. The van der Waals surface area contributed by atoms with Crippen LogP contribution in [0, 0.1) is 5.92 Å². The van der Waals surface area contributed by atoms with Gasteiger partial charge < -0.3 is 21.1 Å². The number of carboxylic acids is 1. The van der Waals surface area contributed by atoms with Gasteiger partial charge in [0.1, 0.15) is 0 Å². The molecule has 0 unspecified atom stereocenters. The number of carbonyl (C=O) groups excluding carboxylic acids is 2. The van der Waals surface area contributed by atoms with Gasteiger partial charge in [0.15, 0.2) is 0 Å². The van der Waals surface area contributed by atoms with Crippen LogP contribution in [-0.4, -0.2) is 47.2 Å². The molecule has 7 nitrogen and oxygen atoms in total. The molecule has 1 aromatic carbocycles. The second-order valence-electron chi connectivity index (χ2n) is 9.87. The van der Waals surface area contributed by atoms with Gasteiger partial charge in [0.2, 0.25) is 11.6 Å². The molecule has 1 heterocycles. The summed E-state index contributed by atoms with van der Waals surface area (Å²) in [5.74, 6) is -0.976. The molecule has 0 aromatic heterocycles. The predicted octanol–water partition coefficient (Wildman–Crippen LogP) is 4.14. The quantitative estimate of drug-likeness (QED) is 0.475. The number of alkyl halides is 1. The number of carbonyl (C=O) groups is 3. The van der Waals surface area contributed by atoms with Crippen molar-refractivity contribution in [2.24, 2.45) is 11.7 Å². The maximum Gasteiger partial charge on any atom is 0.340 e. The highest BCUT2D eigenvalue weighted by molar-refractivity contribution is 6.03. The van der Waals surface area contributed by atoms with Crippen molar-refractivity contribution < 1.29 is 23.9 Å². The third-order valence-corrected chi connectivity index (χ3v) is 6.55. The molecule has 0 spiro atoms. The van der Waals surface area contributed by atoms with Crippen LogP contribution in [-0.2, 0) is 20.8 Å². The van der Waals surface area contributed by atoms with E-state index in [9.17, 15) is 18.8 Å². The Morgan fingerprint density at radius 2 is 1.86 bits per heavy atom. The average Bonchev–Trinajstić information content (AvgIpc) is 3.26. The first-order valence-electron chi connectivity index (χ1n) is 12.6. The summed E-state index contributed by atoms with van der Waals surface area (Å²) in [4.78, 5) is 36.6. The second kappa shape index (κ2) is 13.4. The van der Waals surface area contributed by atoms with E-state index in [1.165, 1.54) is 37.7 Å². The molecule has 0 bridgehead atoms. The van der Waals surface area contributed by atoms with Crippen molar-refractivity contribution in [1.82, 2.24) is 5.32 Å². The summed E-state index contributed by atoms with van der Waals surface area (Å²) in [6, 6.07) is 7.40. The predicted molar refractivity (Wildman–Crippen MR) is 136 cm³/mol. The number of nitrogens with two attached hydrogens (primary N) is 1. The van der Waals surface area contributed by atoms with Gasteiger partial charge in [-0.15, -0.1) is 0 Å². The van der Waals surface area contributed by atoms with E-state index in [-0.39, 0.29) is 17.9 Å². The Morgan fingerprint density at radius 1 is 1.23 bits per heavy atom. The fourth-order valence-corrected chi connectivity index (χ4v) is 4.30. The standard InChI is InChI=1S/C23H33N3O2.C4H7FO2/c1-2-20(24)23(28)25-19(16-17-8-4-3-5-9-17)12-13-22(27)26-15-14-18-10-6-7-11-21(18)26;1-4(2,5)3(6)7/h6-7,10-13,17,19-20H,2-5,8-9,14-16,24H2,1H3,(H,25,28);1-2H3,(H,6,7)/b13-12+;/t19-,20+;/m1./s1. The number of carboxylic acid groups (broad SMARTS) is 1. The first-order valence-corrected chi connectivity index (χ1v) is 12.6. The van der Waals surface area contributed by atoms with E-state index < -0.39 is 17.7 Å². The van der Waals surface area contributed by atoms with Crippen molar-refractivity contribution in [3.05, 3.63) is 42.0 Å². The highest BCUT2D eigenvalue weighted by atomic mass is 19.1. The van der Waals surface area contributed by atoms with Gasteiger partial charge in [-0.2, -0.15) is 0 Å². The minimum atomic E-state index is -2.08. The summed E-state index contributed by atoms with van der Waals surface area (Å²) in [7, 11) is 0. The van der Waals surface area contributed by atoms with Crippen molar-refractivity contribution in [3.63, 3.8) is 0 Å². The van der Waals surface area contributed by atoms with Crippen LogP contribution in [0.5, 0.6) is 0 Å². The number of para-hydroxylation sites is 1. The summed E-state index contributed by atoms with van der Waals surface area (Å²) in [5.41, 5.74) is 6.02. The van der Waals surface area contributed by atoms with Crippen molar-refractivity contribution in [3.8, 4) is 0 Å². The largest absolute Gasteiger partial charge is 0.479 e. The lowest BCUT2D eigenvalue weighted by atomic mass is 9.84. The number of anilines is 1.